The fourth-order valence-corrected chi connectivity index (χ4v) is 2.98. The van der Waals surface area contributed by atoms with Gasteiger partial charge in [0.15, 0.2) is 0 Å². The second kappa shape index (κ2) is 8.13. The monoisotopic (exact) mass is 344 g/mol. The van der Waals surface area contributed by atoms with Gasteiger partial charge in [-0.2, -0.15) is 0 Å². The van der Waals surface area contributed by atoms with Gasteiger partial charge in [0.2, 0.25) is 5.91 Å². The molecule has 7 heteroatoms. The highest BCUT2D eigenvalue weighted by Gasteiger charge is 2.18. The maximum atomic E-state index is 12.6. The molecule has 0 aliphatic carbocycles. The lowest BCUT2D eigenvalue weighted by molar-refractivity contribution is -0.121. The Labute approximate surface area is 146 Å². The van der Waals surface area contributed by atoms with E-state index >= 15 is 0 Å². The Morgan fingerprint density at radius 1 is 1.28 bits per heavy atom. The number of likely N-dealkylation sites (N-methyl/N-ethyl adjacent to an activating group) is 1. The molecule has 7 nitrogen and oxygen atoms in total. The van der Waals surface area contributed by atoms with E-state index in [-0.39, 0.29) is 18.4 Å². The quantitative estimate of drug-likeness (QED) is 0.808. The number of H-pyrrole nitrogens is 1. The van der Waals surface area contributed by atoms with E-state index in [1.165, 1.54) is 4.90 Å². The number of nitrogens with zero attached hydrogens (tertiary/aromatic N) is 2. The van der Waals surface area contributed by atoms with Crippen LogP contribution in [0.4, 0.5) is 0 Å². The zero-order chi connectivity index (χ0) is 17.6. The minimum atomic E-state index is -0.166. The number of fused-ring (bicyclic) bond motifs is 1. The van der Waals surface area contributed by atoms with Crippen LogP contribution in [0, 0.1) is 0 Å². The number of ether oxygens (including phenoxy) is 1. The molecule has 0 radical (unpaired) electrons. The van der Waals surface area contributed by atoms with Crippen molar-refractivity contribution in [2.24, 2.45) is 0 Å². The normalized spacial score (nSPS) is 15.2. The van der Waals surface area contributed by atoms with Gasteiger partial charge in [-0.3, -0.25) is 14.5 Å². The Morgan fingerprint density at radius 2 is 2.04 bits per heavy atom. The molecular formula is C18H24N4O3. The van der Waals surface area contributed by atoms with Gasteiger partial charge >= 0.3 is 0 Å². The van der Waals surface area contributed by atoms with Crippen molar-refractivity contribution in [3.8, 4) is 0 Å². The fourth-order valence-electron chi connectivity index (χ4n) is 2.98. The molecule has 0 bridgehead atoms. The number of rotatable bonds is 6. The average Bonchev–Trinajstić information content (AvgIpc) is 3.06. The Balaban J connectivity index is 1.48. The first-order chi connectivity index (χ1) is 12.1. The van der Waals surface area contributed by atoms with Crippen LogP contribution in [0.1, 0.15) is 10.4 Å². The summed E-state index contributed by atoms with van der Waals surface area (Å²) >= 11 is 0. The van der Waals surface area contributed by atoms with Crippen molar-refractivity contribution in [2.45, 2.75) is 0 Å². The molecule has 2 aromatic rings. The van der Waals surface area contributed by atoms with Crippen LogP contribution in [0.15, 0.2) is 30.5 Å². The summed E-state index contributed by atoms with van der Waals surface area (Å²) in [7, 11) is 1.64. The third-order valence-electron chi connectivity index (χ3n) is 4.40. The average molecular weight is 344 g/mol. The molecule has 2 N–H and O–H groups in total. The van der Waals surface area contributed by atoms with Crippen molar-refractivity contribution in [1.29, 1.82) is 0 Å². The topological polar surface area (TPSA) is 77.7 Å². The van der Waals surface area contributed by atoms with E-state index in [1.807, 2.05) is 24.3 Å². The number of hydrogen-bond acceptors (Lipinski definition) is 4. The molecule has 0 spiro atoms. The van der Waals surface area contributed by atoms with Crippen LogP contribution < -0.4 is 5.32 Å². The summed E-state index contributed by atoms with van der Waals surface area (Å²) in [5.74, 6) is -0.315. The van der Waals surface area contributed by atoms with Crippen LogP contribution in [0.2, 0.25) is 0 Å². The van der Waals surface area contributed by atoms with Crippen molar-refractivity contribution in [2.75, 3.05) is 53.0 Å². The number of carbonyl (C=O) groups excluding carboxylic acids is 2. The molecule has 0 saturated carbocycles. The smallest absolute Gasteiger partial charge is 0.256 e. The first-order valence-corrected chi connectivity index (χ1v) is 8.53. The number of hydrogen-bond donors (Lipinski definition) is 2. The Morgan fingerprint density at radius 3 is 2.84 bits per heavy atom. The van der Waals surface area contributed by atoms with E-state index in [9.17, 15) is 9.59 Å². The molecule has 134 valence electrons. The number of amides is 2. The number of morpholine rings is 1. The number of aromatic amines is 1. The molecule has 0 unspecified atom stereocenters. The van der Waals surface area contributed by atoms with Crippen LogP contribution in [-0.4, -0.2) is 79.6 Å². The van der Waals surface area contributed by atoms with Crippen LogP contribution in [-0.2, 0) is 9.53 Å². The summed E-state index contributed by atoms with van der Waals surface area (Å²) in [6.45, 7) is 4.71. The van der Waals surface area contributed by atoms with E-state index < -0.39 is 0 Å². The SMILES string of the molecule is CN(CC(=O)NCCN1CCOCC1)C(=O)c1c[nH]c2ccccc12. The third-order valence-corrected chi connectivity index (χ3v) is 4.40. The number of para-hydroxylation sites is 1. The van der Waals surface area contributed by atoms with Crippen LogP contribution >= 0.6 is 0 Å². The second-order valence-electron chi connectivity index (χ2n) is 6.21. The molecule has 1 saturated heterocycles. The maximum absolute atomic E-state index is 12.6. The van der Waals surface area contributed by atoms with Crippen molar-refractivity contribution < 1.29 is 14.3 Å². The summed E-state index contributed by atoms with van der Waals surface area (Å²) < 4.78 is 5.30. The molecule has 1 fully saturated rings. The largest absolute Gasteiger partial charge is 0.379 e. The molecule has 25 heavy (non-hydrogen) atoms. The minimum Gasteiger partial charge on any atom is -0.379 e. The third kappa shape index (κ3) is 4.37. The summed E-state index contributed by atoms with van der Waals surface area (Å²) in [6.07, 6.45) is 1.69. The minimum absolute atomic E-state index is 0.0431. The van der Waals surface area contributed by atoms with Gasteiger partial charge in [0.25, 0.3) is 5.91 Å². The van der Waals surface area contributed by atoms with Gasteiger partial charge in [-0.15, -0.1) is 0 Å². The summed E-state index contributed by atoms with van der Waals surface area (Å²) in [5, 5.41) is 3.74. The van der Waals surface area contributed by atoms with Gasteiger partial charge < -0.3 is 19.9 Å². The molecule has 0 atom stereocenters. The van der Waals surface area contributed by atoms with Gasteiger partial charge in [-0.25, -0.2) is 0 Å². The van der Waals surface area contributed by atoms with Crippen molar-refractivity contribution in [3.05, 3.63) is 36.0 Å². The van der Waals surface area contributed by atoms with Gasteiger partial charge in [0.05, 0.1) is 25.3 Å². The van der Waals surface area contributed by atoms with E-state index in [0.29, 0.717) is 12.1 Å². The van der Waals surface area contributed by atoms with Crippen molar-refractivity contribution in [3.63, 3.8) is 0 Å². The Kier molecular flexibility index (Phi) is 5.67. The molecule has 1 aliphatic heterocycles. The molecular weight excluding hydrogens is 320 g/mol. The highest BCUT2D eigenvalue weighted by molar-refractivity contribution is 6.07. The molecule has 2 amide bonds. The van der Waals surface area contributed by atoms with Crippen LogP contribution in [0.25, 0.3) is 10.9 Å². The van der Waals surface area contributed by atoms with E-state index in [4.69, 9.17) is 4.74 Å². The number of carbonyl (C=O) groups is 2. The second-order valence-corrected chi connectivity index (χ2v) is 6.21. The molecule has 1 aromatic heterocycles. The first-order valence-electron chi connectivity index (χ1n) is 8.53. The predicted octanol–water partition coefficient (Wildman–Crippen LogP) is 0.688. The van der Waals surface area contributed by atoms with Crippen molar-refractivity contribution in [1.82, 2.24) is 20.1 Å². The van der Waals surface area contributed by atoms with Gasteiger partial charge in [-0.05, 0) is 6.07 Å². The van der Waals surface area contributed by atoms with E-state index in [0.717, 1.165) is 43.8 Å². The van der Waals surface area contributed by atoms with E-state index in [2.05, 4.69) is 15.2 Å². The molecule has 2 heterocycles. The fraction of sp³-hybridized carbons (Fsp3) is 0.444. The summed E-state index contributed by atoms with van der Waals surface area (Å²) in [6, 6.07) is 7.63. The van der Waals surface area contributed by atoms with Crippen LogP contribution in [0.3, 0.4) is 0 Å². The molecule has 3 rings (SSSR count). The highest BCUT2D eigenvalue weighted by Crippen LogP contribution is 2.18. The zero-order valence-corrected chi connectivity index (χ0v) is 14.5. The summed E-state index contributed by atoms with van der Waals surface area (Å²) in [4.78, 5) is 31.4. The summed E-state index contributed by atoms with van der Waals surface area (Å²) in [5.41, 5.74) is 1.49. The lowest BCUT2D eigenvalue weighted by Crippen LogP contribution is -2.43. The van der Waals surface area contributed by atoms with Crippen molar-refractivity contribution >= 4 is 22.7 Å². The molecule has 1 aliphatic rings. The number of nitrogens with one attached hydrogen (secondary N) is 2. The van der Waals surface area contributed by atoms with Gasteiger partial charge in [0.1, 0.15) is 0 Å². The van der Waals surface area contributed by atoms with Crippen LogP contribution in [0.5, 0.6) is 0 Å². The Bertz CT molecular complexity index is 737. The lowest BCUT2D eigenvalue weighted by atomic mass is 10.1. The number of benzene rings is 1. The predicted molar refractivity (Wildman–Crippen MR) is 95.5 cm³/mol. The maximum Gasteiger partial charge on any atom is 0.256 e. The standard InChI is InChI=1S/C18H24N4O3/c1-21(13-17(23)19-6-7-22-8-10-25-11-9-22)18(24)15-12-20-16-5-3-2-4-14(15)16/h2-5,12,20H,6-11,13H2,1H3,(H,19,23). The first kappa shape index (κ1) is 17.4. The van der Waals surface area contributed by atoms with Gasteiger partial charge in [-0.1, -0.05) is 18.2 Å². The highest BCUT2D eigenvalue weighted by atomic mass is 16.5. The molecule has 1 aromatic carbocycles. The lowest BCUT2D eigenvalue weighted by Gasteiger charge is -2.26. The van der Waals surface area contributed by atoms with E-state index in [1.54, 1.807) is 13.2 Å². The Hall–Kier alpha value is -2.38. The zero-order valence-electron chi connectivity index (χ0n) is 14.5. The van der Waals surface area contributed by atoms with Gasteiger partial charge in [0, 0.05) is 50.3 Å². The number of aromatic nitrogens is 1.